The zero-order valence-corrected chi connectivity index (χ0v) is 33.0. The van der Waals surface area contributed by atoms with Crippen LogP contribution in [0, 0.1) is 0 Å². The molecule has 58 heavy (non-hydrogen) atoms. The van der Waals surface area contributed by atoms with Crippen LogP contribution in [0.15, 0.2) is 212 Å². The minimum Gasteiger partial charge on any atom is -0.457 e. The maximum atomic E-state index is 7.07. The average Bonchev–Trinajstić information content (AvgIpc) is 3.87. The fourth-order valence-electron chi connectivity index (χ4n) is 8.30. The Bertz CT molecular complexity index is 3260. The molecule has 0 fully saturated rings. The Labute approximate surface area is 345 Å². The van der Waals surface area contributed by atoms with Crippen molar-refractivity contribution in [3.8, 4) is 44.9 Å². The fourth-order valence-corrected chi connectivity index (χ4v) is 10.5. The molecule has 11 aromatic rings. The molecule has 0 spiro atoms. The number of thiophene rings is 2. The van der Waals surface area contributed by atoms with E-state index in [9.17, 15) is 0 Å². The summed E-state index contributed by atoms with van der Waals surface area (Å²) in [7, 11) is 0. The lowest BCUT2D eigenvalue weighted by Gasteiger charge is -2.30. The van der Waals surface area contributed by atoms with E-state index in [1.807, 2.05) is 22.7 Å². The molecule has 2 aromatic heterocycles. The molecule has 4 heteroatoms. The Morgan fingerprint density at radius 3 is 1.60 bits per heavy atom. The number of rotatable bonds is 8. The minimum atomic E-state index is 0.782. The van der Waals surface area contributed by atoms with E-state index in [1.54, 1.807) is 0 Å². The van der Waals surface area contributed by atoms with Crippen LogP contribution in [0.5, 0.6) is 11.5 Å². The Hall–Kier alpha value is -6.98. The first-order chi connectivity index (χ1) is 28.8. The van der Waals surface area contributed by atoms with Crippen LogP contribution in [-0.4, -0.2) is 0 Å². The number of benzene rings is 9. The van der Waals surface area contributed by atoms with Gasteiger partial charge in [0.05, 0.1) is 11.4 Å². The maximum absolute atomic E-state index is 7.07. The number of anilines is 3. The van der Waals surface area contributed by atoms with Gasteiger partial charge in [0.25, 0.3) is 0 Å². The maximum Gasteiger partial charge on any atom is 0.137 e. The Balaban J connectivity index is 1.22. The van der Waals surface area contributed by atoms with Crippen LogP contribution in [0.1, 0.15) is 0 Å². The molecule has 0 atom stereocenters. The first kappa shape index (κ1) is 34.3. The van der Waals surface area contributed by atoms with Gasteiger partial charge in [0.2, 0.25) is 0 Å². The fraction of sp³-hybridized carbons (Fsp3) is 0. The Morgan fingerprint density at radius 2 is 0.897 bits per heavy atom. The number of hydrogen-bond donors (Lipinski definition) is 0. The van der Waals surface area contributed by atoms with Crippen molar-refractivity contribution in [2.45, 2.75) is 0 Å². The van der Waals surface area contributed by atoms with E-state index < -0.39 is 0 Å². The van der Waals surface area contributed by atoms with Crippen molar-refractivity contribution < 1.29 is 4.74 Å². The number of fused-ring (bicyclic) bond motifs is 6. The molecule has 11 rings (SSSR count). The summed E-state index contributed by atoms with van der Waals surface area (Å²) < 4.78 is 12.1. The molecule has 0 amide bonds. The van der Waals surface area contributed by atoms with Crippen LogP contribution >= 0.6 is 22.7 Å². The zero-order chi connectivity index (χ0) is 38.4. The normalized spacial score (nSPS) is 11.4. The van der Waals surface area contributed by atoms with E-state index in [1.165, 1.54) is 45.9 Å². The molecule has 0 aliphatic rings. The molecular weight excluding hydrogens is 743 g/mol. The minimum absolute atomic E-state index is 0.782. The van der Waals surface area contributed by atoms with E-state index in [2.05, 4.69) is 217 Å². The van der Waals surface area contributed by atoms with Crippen molar-refractivity contribution in [2.75, 3.05) is 4.90 Å². The van der Waals surface area contributed by atoms with Gasteiger partial charge in [-0.15, -0.1) is 22.7 Å². The monoisotopic (exact) mass is 777 g/mol. The van der Waals surface area contributed by atoms with Crippen LogP contribution in [0.4, 0.5) is 17.1 Å². The summed E-state index contributed by atoms with van der Waals surface area (Å²) in [4.78, 5) is 2.51. The van der Waals surface area contributed by atoms with Crippen molar-refractivity contribution in [1.29, 1.82) is 0 Å². The molecular formula is C54H35NOS2. The van der Waals surface area contributed by atoms with Crippen LogP contribution in [0.25, 0.3) is 73.7 Å². The van der Waals surface area contributed by atoms with Crippen LogP contribution in [-0.2, 0) is 0 Å². The number of nitrogens with zero attached hydrogens (tertiary/aromatic N) is 1. The lowest BCUT2D eigenvalue weighted by Crippen LogP contribution is -2.12. The summed E-state index contributed by atoms with van der Waals surface area (Å²) in [6, 6.07) is 76.0. The second-order valence-electron chi connectivity index (χ2n) is 14.4. The standard InChI is InChI=1S/C54H35NOS2/c1-4-16-36(17-5-1)39-22-14-23-41(34-39)56-47-35-40(30-31-42(47)37-18-6-2-7-19-37)55(46-26-15-29-50-52(46)44-24-10-12-27-48(44)57-50)54-43(38-20-8-3-9-21-38)32-33-51-53(54)45-25-11-13-28-49(45)58-51/h1-35H. The zero-order valence-electron chi connectivity index (χ0n) is 31.4. The van der Waals surface area contributed by atoms with Gasteiger partial charge in [-0.25, -0.2) is 0 Å². The summed E-state index contributed by atoms with van der Waals surface area (Å²) in [5.41, 5.74) is 9.99. The van der Waals surface area contributed by atoms with Gasteiger partial charge in [0.1, 0.15) is 11.5 Å². The third-order valence-electron chi connectivity index (χ3n) is 10.9. The van der Waals surface area contributed by atoms with Crippen LogP contribution in [0.3, 0.4) is 0 Å². The predicted octanol–water partition coefficient (Wildman–Crippen LogP) is 16.7. The van der Waals surface area contributed by atoms with Crippen LogP contribution < -0.4 is 9.64 Å². The molecule has 0 bridgehead atoms. The molecule has 274 valence electrons. The molecule has 0 saturated heterocycles. The van der Waals surface area contributed by atoms with Crippen molar-refractivity contribution >= 4 is 80.1 Å². The highest BCUT2D eigenvalue weighted by atomic mass is 32.1. The molecule has 0 aliphatic carbocycles. The third-order valence-corrected chi connectivity index (χ3v) is 13.2. The first-order valence-corrected chi connectivity index (χ1v) is 21.1. The lowest BCUT2D eigenvalue weighted by molar-refractivity contribution is 0.485. The first-order valence-electron chi connectivity index (χ1n) is 19.5. The van der Waals surface area contributed by atoms with E-state index in [0.29, 0.717) is 0 Å². The quantitative estimate of drug-likeness (QED) is 0.152. The van der Waals surface area contributed by atoms with E-state index in [-0.39, 0.29) is 0 Å². The van der Waals surface area contributed by atoms with Crippen molar-refractivity contribution in [1.82, 2.24) is 0 Å². The molecule has 9 aromatic carbocycles. The van der Waals surface area contributed by atoms with Crippen molar-refractivity contribution in [3.05, 3.63) is 212 Å². The second kappa shape index (κ2) is 14.5. The van der Waals surface area contributed by atoms with E-state index in [4.69, 9.17) is 4.74 Å². The lowest BCUT2D eigenvalue weighted by atomic mass is 9.96. The Kier molecular flexibility index (Phi) is 8.58. The number of hydrogen-bond acceptors (Lipinski definition) is 4. The van der Waals surface area contributed by atoms with E-state index in [0.717, 1.165) is 56.4 Å². The summed E-state index contributed by atoms with van der Waals surface area (Å²) in [5, 5.41) is 4.98. The SMILES string of the molecule is c1ccc(-c2cccc(Oc3cc(N(c4cccc5sc6ccccc6c45)c4c(-c5ccccc5)ccc5sc6ccccc6c45)ccc3-c3ccccc3)c2)cc1. The largest absolute Gasteiger partial charge is 0.457 e. The molecule has 0 aliphatic heterocycles. The van der Waals surface area contributed by atoms with E-state index >= 15 is 0 Å². The molecule has 0 unspecified atom stereocenters. The molecule has 0 saturated carbocycles. The molecule has 2 heterocycles. The summed E-state index contributed by atoms with van der Waals surface area (Å²) >= 11 is 3.70. The van der Waals surface area contributed by atoms with Gasteiger partial charge in [0.15, 0.2) is 0 Å². The third kappa shape index (κ3) is 6.02. The molecule has 2 nitrogen and oxygen atoms in total. The van der Waals surface area contributed by atoms with Gasteiger partial charge < -0.3 is 9.64 Å². The second-order valence-corrected chi connectivity index (χ2v) is 16.6. The smallest absolute Gasteiger partial charge is 0.137 e. The summed E-state index contributed by atoms with van der Waals surface area (Å²) in [6.45, 7) is 0. The van der Waals surface area contributed by atoms with Crippen molar-refractivity contribution in [3.63, 3.8) is 0 Å². The highest BCUT2D eigenvalue weighted by Gasteiger charge is 2.26. The van der Waals surface area contributed by atoms with Crippen molar-refractivity contribution in [2.24, 2.45) is 0 Å². The van der Waals surface area contributed by atoms with Gasteiger partial charge >= 0.3 is 0 Å². The van der Waals surface area contributed by atoms with Gasteiger partial charge in [-0.1, -0.05) is 152 Å². The van der Waals surface area contributed by atoms with Gasteiger partial charge in [-0.05, 0) is 76.9 Å². The van der Waals surface area contributed by atoms with Gasteiger partial charge in [0, 0.05) is 63.2 Å². The van der Waals surface area contributed by atoms with Gasteiger partial charge in [-0.2, -0.15) is 0 Å². The number of ether oxygens (including phenoxy) is 1. The highest BCUT2D eigenvalue weighted by molar-refractivity contribution is 7.26. The molecule has 0 N–H and O–H groups in total. The van der Waals surface area contributed by atoms with Crippen LogP contribution in [0.2, 0.25) is 0 Å². The van der Waals surface area contributed by atoms with Gasteiger partial charge in [-0.3, -0.25) is 0 Å². The summed E-state index contributed by atoms with van der Waals surface area (Å²) in [5.74, 6) is 1.56. The topological polar surface area (TPSA) is 12.5 Å². The Morgan fingerprint density at radius 1 is 0.362 bits per heavy atom. The highest BCUT2D eigenvalue weighted by Crippen LogP contribution is 2.53. The summed E-state index contributed by atoms with van der Waals surface area (Å²) in [6.07, 6.45) is 0. The average molecular weight is 778 g/mol. The molecule has 0 radical (unpaired) electrons. The predicted molar refractivity (Wildman–Crippen MR) is 250 cm³/mol.